The van der Waals surface area contributed by atoms with Crippen molar-refractivity contribution in [3.05, 3.63) is 23.9 Å². The molecule has 0 aliphatic heterocycles. The zero-order valence-corrected chi connectivity index (χ0v) is 13.2. The fourth-order valence-electron chi connectivity index (χ4n) is 2.33. The van der Waals surface area contributed by atoms with Crippen molar-refractivity contribution in [2.45, 2.75) is 45.8 Å². The first-order chi connectivity index (χ1) is 10.7. The van der Waals surface area contributed by atoms with Gasteiger partial charge in [0.15, 0.2) is 5.82 Å². The minimum absolute atomic E-state index is 0.211. The van der Waals surface area contributed by atoms with Gasteiger partial charge >= 0.3 is 6.03 Å². The number of carbonyl (C=O) groups excluding carboxylic acids is 1. The zero-order valence-electron chi connectivity index (χ0n) is 13.2. The van der Waals surface area contributed by atoms with E-state index in [2.05, 4.69) is 32.9 Å². The van der Waals surface area contributed by atoms with Crippen LogP contribution in [0, 0.1) is 5.92 Å². The van der Waals surface area contributed by atoms with E-state index in [0.717, 1.165) is 19.3 Å². The molecule has 22 heavy (non-hydrogen) atoms. The Bertz CT molecular complexity index is 501. The second kappa shape index (κ2) is 8.53. The van der Waals surface area contributed by atoms with Gasteiger partial charge < -0.3 is 19.9 Å². The number of ether oxygens (including phenoxy) is 1. The molecular formula is C15H24N4O3. The number of hydrogen-bond acceptors (Lipinski definition) is 5. The lowest BCUT2D eigenvalue weighted by molar-refractivity contribution is 0.0683. The Balaban J connectivity index is 1.68. The molecule has 0 spiro atoms. The van der Waals surface area contributed by atoms with Crippen molar-refractivity contribution in [2.24, 2.45) is 5.92 Å². The molecule has 0 saturated carbocycles. The van der Waals surface area contributed by atoms with Crippen LogP contribution >= 0.6 is 0 Å². The lowest BCUT2D eigenvalue weighted by Crippen LogP contribution is -2.38. The average Bonchev–Trinajstić information content (AvgIpc) is 3.01. The number of amides is 2. The molecule has 1 aromatic rings. The molecule has 7 heteroatoms. The normalized spacial score (nSPS) is 18.9. The molecule has 0 saturated heterocycles. The number of nitrogens with zero attached hydrogens (tertiary/aromatic N) is 2. The zero-order chi connectivity index (χ0) is 15.8. The first kappa shape index (κ1) is 16.5. The number of carbonyl (C=O) groups is 1. The number of nitrogens with one attached hydrogen (secondary N) is 2. The van der Waals surface area contributed by atoms with Crippen LogP contribution in [0.5, 0.6) is 0 Å². The van der Waals surface area contributed by atoms with E-state index in [-0.39, 0.29) is 18.7 Å². The molecular weight excluding hydrogens is 284 g/mol. The van der Waals surface area contributed by atoms with E-state index in [1.807, 2.05) is 13.8 Å². The molecule has 2 amide bonds. The van der Waals surface area contributed by atoms with Crippen LogP contribution in [0.2, 0.25) is 0 Å². The van der Waals surface area contributed by atoms with E-state index in [9.17, 15) is 4.79 Å². The summed E-state index contributed by atoms with van der Waals surface area (Å²) in [5.41, 5.74) is 0. The third kappa shape index (κ3) is 5.14. The first-order valence-electron chi connectivity index (χ1n) is 7.79. The maximum Gasteiger partial charge on any atom is 0.315 e. The molecule has 122 valence electrons. The van der Waals surface area contributed by atoms with Gasteiger partial charge in [-0.25, -0.2) is 4.79 Å². The molecule has 0 radical (unpaired) electrons. The van der Waals surface area contributed by atoms with E-state index < -0.39 is 0 Å². The number of allylic oxidation sites excluding steroid dienone is 2. The molecule has 0 fully saturated rings. The molecule has 2 N–H and O–H groups in total. The van der Waals surface area contributed by atoms with Gasteiger partial charge in [0.25, 0.3) is 0 Å². The van der Waals surface area contributed by atoms with Crippen LogP contribution in [0.25, 0.3) is 0 Å². The lowest BCUT2D eigenvalue weighted by atomic mass is 9.94. The second-order valence-electron chi connectivity index (χ2n) is 5.36. The van der Waals surface area contributed by atoms with Crippen LogP contribution in [-0.4, -0.2) is 29.3 Å². The smallest absolute Gasteiger partial charge is 0.315 e. The molecule has 0 bridgehead atoms. The van der Waals surface area contributed by atoms with Crippen LogP contribution in [0.4, 0.5) is 4.79 Å². The van der Waals surface area contributed by atoms with Crippen LogP contribution in [0.3, 0.4) is 0 Å². The van der Waals surface area contributed by atoms with Gasteiger partial charge in [-0.2, -0.15) is 4.98 Å². The predicted molar refractivity (Wildman–Crippen MR) is 81.1 cm³/mol. The van der Waals surface area contributed by atoms with Crippen molar-refractivity contribution in [1.29, 1.82) is 0 Å². The second-order valence-corrected chi connectivity index (χ2v) is 5.36. The number of hydrogen-bond donors (Lipinski definition) is 2. The quantitative estimate of drug-likeness (QED) is 0.755. The largest absolute Gasteiger partial charge is 0.371 e. The van der Waals surface area contributed by atoms with Crippen molar-refractivity contribution in [3.8, 4) is 0 Å². The highest BCUT2D eigenvalue weighted by Gasteiger charge is 2.15. The van der Waals surface area contributed by atoms with Crippen molar-refractivity contribution in [2.75, 3.05) is 13.2 Å². The van der Waals surface area contributed by atoms with E-state index in [1.165, 1.54) is 0 Å². The van der Waals surface area contributed by atoms with E-state index in [4.69, 9.17) is 9.26 Å². The van der Waals surface area contributed by atoms with Gasteiger partial charge in [0, 0.05) is 13.2 Å². The van der Waals surface area contributed by atoms with Gasteiger partial charge in [-0.05, 0) is 39.0 Å². The van der Waals surface area contributed by atoms with E-state index >= 15 is 0 Å². The fourth-order valence-corrected chi connectivity index (χ4v) is 2.33. The minimum atomic E-state index is -0.216. The number of aromatic nitrogens is 2. The monoisotopic (exact) mass is 308 g/mol. The topological polar surface area (TPSA) is 89.3 Å². The van der Waals surface area contributed by atoms with Crippen molar-refractivity contribution >= 4 is 6.03 Å². The molecule has 1 aliphatic carbocycles. The standard InChI is InChI=1S/C15H24N4O3/c1-3-21-11(2)14-18-13(22-19-14)10-17-15(20)16-9-12-7-5-4-6-8-12/h4-5,11-12H,3,6-10H2,1-2H3,(H2,16,17,20)/t11-,12-/m1/s1. The summed E-state index contributed by atoms with van der Waals surface area (Å²) in [6.45, 7) is 5.25. The Kier molecular flexibility index (Phi) is 6.39. The highest BCUT2D eigenvalue weighted by Crippen LogP contribution is 2.16. The highest BCUT2D eigenvalue weighted by atomic mass is 16.5. The Morgan fingerprint density at radius 1 is 1.50 bits per heavy atom. The SMILES string of the molecule is CCO[C@H](C)c1noc(CNC(=O)NC[C@@H]2CC=CCC2)n1. The summed E-state index contributed by atoms with van der Waals surface area (Å²) in [6, 6.07) is -0.216. The van der Waals surface area contributed by atoms with Crippen LogP contribution in [0.1, 0.15) is 50.9 Å². The van der Waals surface area contributed by atoms with E-state index in [1.54, 1.807) is 0 Å². The third-order valence-corrected chi connectivity index (χ3v) is 3.59. The summed E-state index contributed by atoms with van der Waals surface area (Å²) in [6.07, 6.45) is 7.40. The van der Waals surface area contributed by atoms with Gasteiger partial charge in [-0.1, -0.05) is 17.3 Å². The maximum absolute atomic E-state index is 11.7. The summed E-state index contributed by atoms with van der Waals surface area (Å²) >= 11 is 0. The van der Waals surface area contributed by atoms with E-state index in [0.29, 0.717) is 30.8 Å². The Morgan fingerprint density at radius 2 is 2.36 bits per heavy atom. The number of rotatable bonds is 7. The Morgan fingerprint density at radius 3 is 3.09 bits per heavy atom. The summed E-state index contributed by atoms with van der Waals surface area (Å²) in [5.74, 6) is 1.39. The molecule has 2 atom stereocenters. The minimum Gasteiger partial charge on any atom is -0.371 e. The molecule has 1 heterocycles. The van der Waals surface area contributed by atoms with Gasteiger partial charge in [-0.3, -0.25) is 0 Å². The molecule has 7 nitrogen and oxygen atoms in total. The van der Waals surface area contributed by atoms with Crippen molar-refractivity contribution in [1.82, 2.24) is 20.8 Å². The first-order valence-corrected chi connectivity index (χ1v) is 7.79. The van der Waals surface area contributed by atoms with Gasteiger partial charge in [0.1, 0.15) is 6.10 Å². The van der Waals surface area contributed by atoms with Gasteiger partial charge in [-0.15, -0.1) is 0 Å². The Labute approximate surface area is 130 Å². The summed E-state index contributed by atoms with van der Waals surface area (Å²) in [4.78, 5) is 15.9. The van der Waals surface area contributed by atoms with Crippen LogP contribution < -0.4 is 10.6 Å². The maximum atomic E-state index is 11.7. The Hall–Kier alpha value is -1.89. The predicted octanol–water partition coefficient (Wildman–Crippen LogP) is 2.32. The van der Waals surface area contributed by atoms with Crippen molar-refractivity contribution in [3.63, 3.8) is 0 Å². The fraction of sp³-hybridized carbons (Fsp3) is 0.667. The van der Waals surface area contributed by atoms with Crippen LogP contribution in [0.15, 0.2) is 16.7 Å². The molecule has 1 aliphatic rings. The third-order valence-electron chi connectivity index (χ3n) is 3.59. The molecule has 0 aromatic carbocycles. The molecule has 2 rings (SSSR count). The molecule has 1 aromatic heterocycles. The average molecular weight is 308 g/mol. The summed E-state index contributed by atoms with van der Waals surface area (Å²) in [7, 11) is 0. The van der Waals surface area contributed by atoms with Gasteiger partial charge in [0.2, 0.25) is 5.89 Å². The lowest BCUT2D eigenvalue weighted by Gasteiger charge is -2.18. The van der Waals surface area contributed by atoms with Crippen molar-refractivity contribution < 1.29 is 14.1 Å². The summed E-state index contributed by atoms with van der Waals surface area (Å²) < 4.78 is 10.5. The summed E-state index contributed by atoms with van der Waals surface area (Å²) in [5, 5.41) is 9.43. The highest BCUT2D eigenvalue weighted by molar-refractivity contribution is 5.73. The number of urea groups is 1. The van der Waals surface area contributed by atoms with Gasteiger partial charge in [0.05, 0.1) is 6.54 Å². The molecule has 0 unspecified atom stereocenters. The van der Waals surface area contributed by atoms with Crippen LogP contribution in [-0.2, 0) is 11.3 Å².